The molecule has 2 aromatic heterocycles. The molecular weight excluding hydrogens is 326 g/mol. The van der Waals surface area contributed by atoms with Crippen molar-refractivity contribution in [2.24, 2.45) is 0 Å². The van der Waals surface area contributed by atoms with E-state index in [-0.39, 0.29) is 0 Å². The summed E-state index contributed by atoms with van der Waals surface area (Å²) in [5.41, 5.74) is 2.12. The van der Waals surface area contributed by atoms with Crippen molar-refractivity contribution in [1.82, 2.24) is 9.66 Å². The zero-order valence-corrected chi connectivity index (χ0v) is 13.8. The highest BCUT2D eigenvalue weighted by Crippen LogP contribution is 2.14. The average Bonchev–Trinajstić information content (AvgIpc) is 3.07. The summed E-state index contributed by atoms with van der Waals surface area (Å²) in [4.78, 5) is 23.1. The van der Waals surface area contributed by atoms with E-state index in [1.54, 1.807) is 25.8 Å². The molecule has 0 atom stereocenters. The Labute approximate surface area is 144 Å². The van der Waals surface area contributed by atoms with Crippen LogP contribution in [0.1, 0.15) is 5.69 Å². The van der Waals surface area contributed by atoms with Gasteiger partial charge in [-0.15, -0.1) is 0 Å². The first-order valence-corrected chi connectivity index (χ1v) is 7.10. The number of ether oxygens (including phenoxy) is 1. The minimum atomic E-state index is -1.26. The number of nitrogens with zero attached hydrogens (tertiary/aromatic N) is 3. The first-order valence-electron chi connectivity index (χ1n) is 7.10. The number of aliphatic carboxylic acids is 2. The van der Waals surface area contributed by atoms with Crippen LogP contribution in [0.5, 0.6) is 0 Å². The lowest BCUT2D eigenvalue weighted by Gasteiger charge is -2.22. The molecule has 0 aromatic carbocycles. The van der Waals surface area contributed by atoms with Crippen molar-refractivity contribution in [3.63, 3.8) is 0 Å². The standard InChI is InChI=1S/C13H15N3O.C4H4O4/c1-15(12-5-8-14-9-6-12)16-10-3-4-13(16)7-11-17-2;5-3(6)1-2-4(7)8/h3-11H,1-2H3;1-2H,(H,5,6)(H,7,8). The first kappa shape index (κ1) is 19.5. The van der Waals surface area contributed by atoms with Crippen LogP contribution in [0.15, 0.2) is 61.3 Å². The van der Waals surface area contributed by atoms with Gasteiger partial charge in [0.05, 0.1) is 24.8 Å². The molecule has 25 heavy (non-hydrogen) atoms. The lowest BCUT2D eigenvalue weighted by atomic mass is 10.4. The molecule has 2 rings (SSSR count). The molecule has 132 valence electrons. The Hall–Kier alpha value is -3.55. The Balaban J connectivity index is 0.000000333. The summed E-state index contributed by atoms with van der Waals surface area (Å²) < 4.78 is 6.97. The smallest absolute Gasteiger partial charge is 0.328 e. The van der Waals surface area contributed by atoms with E-state index < -0.39 is 11.9 Å². The molecule has 0 amide bonds. The zero-order valence-electron chi connectivity index (χ0n) is 13.8. The fourth-order valence-corrected chi connectivity index (χ4v) is 1.76. The number of carbonyl (C=O) groups is 2. The van der Waals surface area contributed by atoms with E-state index in [1.807, 2.05) is 53.3 Å². The summed E-state index contributed by atoms with van der Waals surface area (Å²) in [5.74, 6) is -2.51. The Morgan fingerprint density at radius 2 is 1.76 bits per heavy atom. The van der Waals surface area contributed by atoms with Gasteiger partial charge in [-0.05, 0) is 30.3 Å². The number of hydrogen-bond acceptors (Lipinski definition) is 5. The van der Waals surface area contributed by atoms with Crippen molar-refractivity contribution in [3.05, 3.63) is 67.0 Å². The molecule has 2 aromatic rings. The van der Waals surface area contributed by atoms with E-state index in [0.717, 1.165) is 11.4 Å². The van der Waals surface area contributed by atoms with Crippen LogP contribution >= 0.6 is 0 Å². The van der Waals surface area contributed by atoms with Crippen molar-refractivity contribution < 1.29 is 24.5 Å². The summed E-state index contributed by atoms with van der Waals surface area (Å²) in [6, 6.07) is 7.94. The Bertz CT molecular complexity index is 722. The van der Waals surface area contributed by atoms with E-state index >= 15 is 0 Å². The summed E-state index contributed by atoms with van der Waals surface area (Å²) in [6.07, 6.45) is 10.2. The van der Waals surface area contributed by atoms with Crippen LogP contribution in [-0.2, 0) is 14.3 Å². The highest BCUT2D eigenvalue weighted by molar-refractivity contribution is 5.89. The number of methoxy groups -OCH3 is 1. The maximum atomic E-state index is 9.55. The van der Waals surface area contributed by atoms with E-state index in [2.05, 4.69) is 4.98 Å². The molecule has 0 saturated carbocycles. The average molecular weight is 345 g/mol. The largest absolute Gasteiger partial charge is 0.504 e. The second-order valence-corrected chi connectivity index (χ2v) is 4.55. The third-order valence-electron chi connectivity index (χ3n) is 2.86. The second-order valence-electron chi connectivity index (χ2n) is 4.55. The second kappa shape index (κ2) is 10.3. The van der Waals surface area contributed by atoms with Gasteiger partial charge in [-0.1, -0.05) is 0 Å². The molecule has 0 unspecified atom stereocenters. The number of pyridine rings is 1. The van der Waals surface area contributed by atoms with Crippen LogP contribution in [0, 0.1) is 0 Å². The van der Waals surface area contributed by atoms with Crippen molar-refractivity contribution in [2.75, 3.05) is 19.2 Å². The number of rotatable bonds is 6. The highest BCUT2D eigenvalue weighted by Gasteiger charge is 2.04. The summed E-state index contributed by atoms with van der Waals surface area (Å²) in [7, 11) is 3.63. The Kier molecular flexibility index (Phi) is 8.01. The van der Waals surface area contributed by atoms with E-state index in [9.17, 15) is 9.59 Å². The predicted octanol–water partition coefficient (Wildman–Crippen LogP) is 2.11. The molecule has 0 spiro atoms. The lowest BCUT2D eigenvalue weighted by molar-refractivity contribution is -0.134. The monoisotopic (exact) mass is 345 g/mol. The number of hydrogen-bond donors (Lipinski definition) is 2. The van der Waals surface area contributed by atoms with Crippen LogP contribution in [0.3, 0.4) is 0 Å². The predicted molar refractivity (Wildman–Crippen MR) is 92.9 cm³/mol. The molecule has 0 aliphatic rings. The summed E-state index contributed by atoms with van der Waals surface area (Å²) >= 11 is 0. The molecule has 2 N–H and O–H groups in total. The lowest BCUT2D eigenvalue weighted by Crippen LogP contribution is -2.24. The number of carboxylic acid groups (broad SMARTS) is 2. The van der Waals surface area contributed by atoms with E-state index in [0.29, 0.717) is 12.2 Å². The third kappa shape index (κ3) is 7.04. The van der Waals surface area contributed by atoms with Crippen molar-refractivity contribution >= 4 is 23.7 Å². The fraction of sp³-hybridized carbons (Fsp3) is 0.118. The number of aromatic nitrogens is 2. The molecule has 2 heterocycles. The van der Waals surface area contributed by atoms with Gasteiger partial charge >= 0.3 is 11.9 Å². The molecule has 8 heteroatoms. The van der Waals surface area contributed by atoms with Gasteiger partial charge in [-0.2, -0.15) is 0 Å². The molecule has 0 aliphatic carbocycles. The Morgan fingerprint density at radius 3 is 2.28 bits per heavy atom. The van der Waals surface area contributed by atoms with Gasteiger partial charge in [0.15, 0.2) is 0 Å². The maximum Gasteiger partial charge on any atom is 0.328 e. The zero-order chi connectivity index (χ0) is 18.7. The molecule has 0 saturated heterocycles. The summed E-state index contributed by atoms with van der Waals surface area (Å²) in [6.45, 7) is 0. The van der Waals surface area contributed by atoms with Crippen LogP contribution < -0.4 is 5.01 Å². The van der Waals surface area contributed by atoms with Gasteiger partial charge in [-0.3, -0.25) is 14.7 Å². The third-order valence-corrected chi connectivity index (χ3v) is 2.86. The van der Waals surface area contributed by atoms with Crippen LogP contribution in [0.4, 0.5) is 5.69 Å². The van der Waals surface area contributed by atoms with E-state index in [4.69, 9.17) is 14.9 Å². The van der Waals surface area contributed by atoms with Crippen LogP contribution in [0.2, 0.25) is 0 Å². The maximum absolute atomic E-state index is 9.55. The molecule has 0 aliphatic heterocycles. The van der Waals surface area contributed by atoms with Crippen LogP contribution in [-0.4, -0.2) is 46.0 Å². The number of carboxylic acids is 2. The van der Waals surface area contributed by atoms with E-state index in [1.165, 1.54) is 0 Å². The van der Waals surface area contributed by atoms with Crippen molar-refractivity contribution in [1.29, 1.82) is 0 Å². The summed E-state index contributed by atoms with van der Waals surface area (Å²) in [5, 5.41) is 17.7. The molecule has 0 bridgehead atoms. The van der Waals surface area contributed by atoms with Crippen molar-refractivity contribution in [2.45, 2.75) is 0 Å². The first-order chi connectivity index (χ1) is 12.0. The normalized spacial score (nSPS) is 10.3. The van der Waals surface area contributed by atoms with Gasteiger partial charge in [-0.25, -0.2) is 9.59 Å². The quantitative estimate of drug-likeness (QED) is 0.610. The SMILES string of the molecule is COC=Cc1cccn1N(C)c1ccncc1.O=C(O)C=CC(=O)O. The van der Waals surface area contributed by atoms with Gasteiger partial charge in [0.1, 0.15) is 0 Å². The van der Waals surface area contributed by atoms with Gasteiger partial charge in [0.25, 0.3) is 0 Å². The molecule has 8 nitrogen and oxygen atoms in total. The molecular formula is C17H19N3O5. The van der Waals surface area contributed by atoms with Crippen molar-refractivity contribution in [3.8, 4) is 0 Å². The van der Waals surface area contributed by atoms with Gasteiger partial charge < -0.3 is 14.9 Å². The minimum Gasteiger partial charge on any atom is -0.504 e. The Morgan fingerprint density at radius 1 is 1.16 bits per heavy atom. The van der Waals surface area contributed by atoms with Gasteiger partial charge in [0.2, 0.25) is 0 Å². The highest BCUT2D eigenvalue weighted by atomic mass is 16.5. The molecule has 0 radical (unpaired) electrons. The fourth-order valence-electron chi connectivity index (χ4n) is 1.76. The minimum absolute atomic E-state index is 0.558. The number of anilines is 1. The molecule has 0 fully saturated rings. The van der Waals surface area contributed by atoms with Crippen LogP contribution in [0.25, 0.3) is 6.08 Å². The van der Waals surface area contributed by atoms with Gasteiger partial charge in [0, 0.05) is 37.8 Å². The topological polar surface area (TPSA) is 105 Å².